The molecule has 0 unspecified atom stereocenters. The minimum atomic E-state index is -0.182. The van der Waals surface area contributed by atoms with Crippen LogP contribution in [-0.4, -0.2) is 21.2 Å². The molecule has 0 saturated carbocycles. The highest BCUT2D eigenvalue weighted by Crippen LogP contribution is 2.23. The maximum atomic E-state index is 12.2. The van der Waals surface area contributed by atoms with Crippen LogP contribution in [-0.2, 0) is 11.3 Å². The van der Waals surface area contributed by atoms with Gasteiger partial charge in [0.2, 0.25) is 5.91 Å². The second-order valence-electron chi connectivity index (χ2n) is 6.84. The molecular weight excluding hydrogens is 394 g/mol. The number of amides is 1. The van der Waals surface area contributed by atoms with E-state index < -0.39 is 0 Å². The number of rotatable bonds is 8. The third-order valence-electron chi connectivity index (χ3n) is 4.25. The molecule has 1 amide bonds. The molecular formula is C21H22ClN3O2S. The average molecular weight is 416 g/mol. The zero-order chi connectivity index (χ0) is 20.1. The number of carbonyl (C=O) groups excluding carboxylic acids is 2. The number of imidazole rings is 1. The minimum absolute atomic E-state index is 0.0675. The van der Waals surface area contributed by atoms with E-state index in [9.17, 15) is 9.59 Å². The lowest BCUT2D eigenvalue weighted by Crippen LogP contribution is -2.13. The van der Waals surface area contributed by atoms with Crippen LogP contribution < -0.4 is 5.32 Å². The van der Waals surface area contributed by atoms with Crippen molar-refractivity contribution in [1.29, 1.82) is 0 Å². The van der Waals surface area contributed by atoms with E-state index in [1.165, 1.54) is 11.3 Å². The second-order valence-corrected chi connectivity index (χ2v) is 8.56. The number of hydrogen-bond donors (Lipinski definition) is 1. The van der Waals surface area contributed by atoms with Gasteiger partial charge in [-0.1, -0.05) is 37.6 Å². The van der Waals surface area contributed by atoms with Crippen LogP contribution in [0.5, 0.6) is 0 Å². The number of nitrogens with zero attached hydrogens (tertiary/aromatic N) is 2. The van der Waals surface area contributed by atoms with Crippen molar-refractivity contribution in [2.45, 2.75) is 39.2 Å². The fraction of sp³-hybridized carbons (Fsp3) is 0.286. The van der Waals surface area contributed by atoms with Crippen LogP contribution in [0.2, 0.25) is 4.34 Å². The fourth-order valence-corrected chi connectivity index (χ4v) is 3.95. The van der Waals surface area contributed by atoms with Crippen molar-refractivity contribution in [3.05, 3.63) is 69.4 Å². The van der Waals surface area contributed by atoms with Gasteiger partial charge in [0.05, 0.1) is 9.21 Å². The van der Waals surface area contributed by atoms with Crippen molar-refractivity contribution >= 4 is 40.3 Å². The predicted molar refractivity (Wildman–Crippen MR) is 113 cm³/mol. The Morgan fingerprint density at radius 3 is 2.75 bits per heavy atom. The number of hydrogen-bond acceptors (Lipinski definition) is 4. The van der Waals surface area contributed by atoms with Gasteiger partial charge >= 0.3 is 0 Å². The monoisotopic (exact) mass is 415 g/mol. The van der Waals surface area contributed by atoms with Crippen LogP contribution in [0.1, 0.15) is 53.7 Å². The average Bonchev–Trinajstić information content (AvgIpc) is 3.29. The molecule has 0 bridgehead atoms. The Labute approximate surface area is 173 Å². The maximum Gasteiger partial charge on any atom is 0.224 e. The number of nitrogens with one attached hydrogen (secondary N) is 1. The third kappa shape index (κ3) is 5.30. The van der Waals surface area contributed by atoms with Gasteiger partial charge in [0.1, 0.15) is 5.82 Å². The standard InChI is InChI=1S/C21H22ClN3O2S/c1-14(2)21-23-10-11-25(21)13-15-4-3-5-16(12-15)24-20(27)9-6-17(26)18-7-8-19(22)28-18/h3-5,7-8,10-12,14H,6,9,13H2,1-2H3,(H,24,27). The van der Waals surface area contributed by atoms with E-state index in [0.717, 1.165) is 17.1 Å². The van der Waals surface area contributed by atoms with Gasteiger partial charge in [0.15, 0.2) is 5.78 Å². The highest BCUT2D eigenvalue weighted by molar-refractivity contribution is 7.18. The van der Waals surface area contributed by atoms with Crippen LogP contribution >= 0.6 is 22.9 Å². The summed E-state index contributed by atoms with van der Waals surface area (Å²) in [4.78, 5) is 29.3. The third-order valence-corrected chi connectivity index (χ3v) is 5.53. The first kappa shape index (κ1) is 20.3. The van der Waals surface area contributed by atoms with Crippen LogP contribution in [0.3, 0.4) is 0 Å². The summed E-state index contributed by atoms with van der Waals surface area (Å²) in [6.07, 6.45) is 4.06. The Morgan fingerprint density at radius 1 is 1.21 bits per heavy atom. The van der Waals surface area contributed by atoms with Gasteiger partial charge in [-0.25, -0.2) is 4.98 Å². The Morgan fingerprint density at radius 2 is 2.04 bits per heavy atom. The molecule has 0 radical (unpaired) electrons. The molecule has 1 aromatic carbocycles. The number of ketones is 1. The summed E-state index contributed by atoms with van der Waals surface area (Å²) in [5, 5.41) is 2.87. The minimum Gasteiger partial charge on any atom is -0.330 e. The molecule has 1 N–H and O–H groups in total. The molecule has 7 heteroatoms. The van der Waals surface area contributed by atoms with Gasteiger partial charge in [0.25, 0.3) is 0 Å². The summed E-state index contributed by atoms with van der Waals surface area (Å²) in [6.45, 7) is 4.91. The molecule has 5 nitrogen and oxygen atoms in total. The first-order chi connectivity index (χ1) is 13.4. The number of benzene rings is 1. The summed E-state index contributed by atoms with van der Waals surface area (Å²) < 4.78 is 2.68. The van der Waals surface area contributed by atoms with E-state index in [-0.39, 0.29) is 24.5 Å². The molecule has 3 aromatic rings. The van der Waals surface area contributed by atoms with Crippen molar-refractivity contribution in [3.63, 3.8) is 0 Å². The topological polar surface area (TPSA) is 64.0 Å². The molecule has 28 heavy (non-hydrogen) atoms. The summed E-state index contributed by atoms with van der Waals surface area (Å²) in [6, 6.07) is 11.1. The number of Topliss-reactive ketones (excluding diaryl/α,β-unsaturated/α-hetero) is 1. The molecule has 0 saturated heterocycles. The van der Waals surface area contributed by atoms with E-state index >= 15 is 0 Å². The lowest BCUT2D eigenvalue weighted by atomic mass is 10.1. The van der Waals surface area contributed by atoms with Gasteiger partial charge in [-0.3, -0.25) is 9.59 Å². The quantitative estimate of drug-likeness (QED) is 0.503. The summed E-state index contributed by atoms with van der Waals surface area (Å²) in [7, 11) is 0. The zero-order valence-electron chi connectivity index (χ0n) is 15.8. The van der Waals surface area contributed by atoms with Crippen molar-refractivity contribution in [2.24, 2.45) is 0 Å². The number of carbonyl (C=O) groups is 2. The van der Waals surface area contributed by atoms with Gasteiger partial charge in [-0.2, -0.15) is 0 Å². The first-order valence-electron chi connectivity index (χ1n) is 9.10. The summed E-state index contributed by atoms with van der Waals surface area (Å²) in [5.74, 6) is 1.12. The Bertz CT molecular complexity index is 977. The van der Waals surface area contributed by atoms with Crippen molar-refractivity contribution < 1.29 is 9.59 Å². The molecule has 2 aromatic heterocycles. The maximum absolute atomic E-state index is 12.2. The van der Waals surface area contributed by atoms with E-state index in [0.29, 0.717) is 21.7 Å². The predicted octanol–water partition coefficient (Wildman–Crippen LogP) is 5.37. The van der Waals surface area contributed by atoms with E-state index in [1.807, 2.05) is 30.5 Å². The summed E-state index contributed by atoms with van der Waals surface area (Å²) in [5.41, 5.74) is 1.79. The van der Waals surface area contributed by atoms with E-state index in [1.54, 1.807) is 18.3 Å². The highest BCUT2D eigenvalue weighted by Gasteiger charge is 2.12. The zero-order valence-corrected chi connectivity index (χ0v) is 17.4. The van der Waals surface area contributed by atoms with Crippen LogP contribution in [0.25, 0.3) is 0 Å². The summed E-state index contributed by atoms with van der Waals surface area (Å²) >= 11 is 7.08. The van der Waals surface area contributed by atoms with Crippen LogP contribution in [0.4, 0.5) is 5.69 Å². The van der Waals surface area contributed by atoms with Gasteiger partial charge in [-0.15, -0.1) is 11.3 Å². The molecule has 2 heterocycles. The lowest BCUT2D eigenvalue weighted by Gasteiger charge is -2.12. The second kappa shape index (κ2) is 9.17. The molecule has 146 valence electrons. The normalized spacial score (nSPS) is 11.0. The number of aromatic nitrogens is 2. The van der Waals surface area contributed by atoms with E-state index in [2.05, 4.69) is 28.7 Å². The molecule has 0 aliphatic rings. The Balaban J connectivity index is 1.57. The van der Waals surface area contributed by atoms with Crippen molar-refractivity contribution in [1.82, 2.24) is 9.55 Å². The van der Waals surface area contributed by atoms with E-state index in [4.69, 9.17) is 11.6 Å². The highest BCUT2D eigenvalue weighted by atomic mass is 35.5. The van der Waals surface area contributed by atoms with Gasteiger partial charge in [0, 0.05) is 43.4 Å². The molecule has 0 aliphatic heterocycles. The lowest BCUT2D eigenvalue weighted by molar-refractivity contribution is -0.116. The fourth-order valence-electron chi connectivity index (χ4n) is 2.94. The Kier molecular flexibility index (Phi) is 6.65. The number of anilines is 1. The van der Waals surface area contributed by atoms with Crippen molar-refractivity contribution in [2.75, 3.05) is 5.32 Å². The molecule has 0 atom stereocenters. The van der Waals surface area contributed by atoms with Crippen molar-refractivity contribution in [3.8, 4) is 0 Å². The van der Waals surface area contributed by atoms with Crippen LogP contribution in [0, 0.1) is 0 Å². The SMILES string of the molecule is CC(C)c1nccn1Cc1cccc(NC(=O)CCC(=O)c2ccc(Cl)s2)c1. The molecule has 3 rings (SSSR count). The largest absolute Gasteiger partial charge is 0.330 e. The van der Waals surface area contributed by atoms with Gasteiger partial charge in [-0.05, 0) is 29.8 Å². The molecule has 0 spiro atoms. The first-order valence-corrected chi connectivity index (χ1v) is 10.3. The van der Waals surface area contributed by atoms with Crippen LogP contribution in [0.15, 0.2) is 48.8 Å². The Hall–Kier alpha value is -2.44. The number of thiophene rings is 1. The van der Waals surface area contributed by atoms with Gasteiger partial charge < -0.3 is 9.88 Å². The number of halogens is 1. The smallest absolute Gasteiger partial charge is 0.224 e. The molecule has 0 aliphatic carbocycles. The molecule has 0 fully saturated rings.